The number of rotatable bonds is 8. The lowest BCUT2D eigenvalue weighted by Crippen LogP contribution is -2.40. The molecule has 0 saturated heterocycles. The molecule has 0 amide bonds. The Bertz CT molecular complexity index is 185. The lowest BCUT2D eigenvalue weighted by Gasteiger charge is -2.30. The first-order valence-corrected chi connectivity index (χ1v) is 5.89. The van der Waals surface area contributed by atoms with Crippen molar-refractivity contribution < 1.29 is 4.74 Å². The molecule has 0 radical (unpaired) electrons. The molecule has 3 nitrogen and oxygen atoms in total. The van der Waals surface area contributed by atoms with Crippen LogP contribution in [0.15, 0.2) is 0 Å². The van der Waals surface area contributed by atoms with Crippen molar-refractivity contribution in [1.29, 1.82) is 0 Å². The third-order valence-electron chi connectivity index (χ3n) is 2.28. The van der Waals surface area contributed by atoms with Crippen LogP contribution in [0, 0.1) is 5.92 Å². The minimum Gasteiger partial charge on any atom is -0.393 e. The smallest absolute Gasteiger partial charge is 0.0740 e. The van der Waals surface area contributed by atoms with Crippen LogP contribution in [-0.2, 0) is 4.74 Å². The fourth-order valence-electron chi connectivity index (χ4n) is 1.56. The van der Waals surface area contributed by atoms with Gasteiger partial charge in [-0.25, -0.2) is 0 Å². The predicted molar refractivity (Wildman–Crippen MR) is 69.2 cm³/mol. The van der Waals surface area contributed by atoms with Crippen molar-refractivity contribution in [1.82, 2.24) is 4.90 Å². The van der Waals surface area contributed by atoms with Crippen LogP contribution in [0.4, 0.5) is 0 Å². The van der Waals surface area contributed by atoms with Crippen molar-refractivity contribution >= 4 is 17.2 Å². The Kier molecular flexibility index (Phi) is 7.92. The molecule has 90 valence electrons. The lowest BCUT2D eigenvalue weighted by atomic mass is 10.1. The summed E-state index contributed by atoms with van der Waals surface area (Å²) in [6, 6.07) is 0.423. The summed E-state index contributed by atoms with van der Waals surface area (Å²) in [7, 11) is 1.73. The summed E-state index contributed by atoms with van der Waals surface area (Å²) in [5.41, 5.74) is 5.52. The SMILES string of the molecule is COCC(C)N(CCC(N)=S)CC(C)C. The van der Waals surface area contributed by atoms with Crippen LogP contribution in [0.5, 0.6) is 0 Å². The minimum absolute atomic E-state index is 0.423. The van der Waals surface area contributed by atoms with E-state index < -0.39 is 0 Å². The van der Waals surface area contributed by atoms with E-state index in [1.54, 1.807) is 7.11 Å². The summed E-state index contributed by atoms with van der Waals surface area (Å²) < 4.78 is 5.17. The second-order valence-corrected chi connectivity index (χ2v) is 4.93. The Hall–Kier alpha value is -0.190. The third kappa shape index (κ3) is 7.71. The Morgan fingerprint density at radius 2 is 2.00 bits per heavy atom. The molecule has 1 atom stereocenters. The highest BCUT2D eigenvalue weighted by atomic mass is 32.1. The highest BCUT2D eigenvalue weighted by Crippen LogP contribution is 2.06. The first-order valence-electron chi connectivity index (χ1n) is 5.48. The van der Waals surface area contributed by atoms with Gasteiger partial charge in [-0.2, -0.15) is 0 Å². The molecule has 0 aliphatic heterocycles. The molecule has 1 unspecified atom stereocenters. The summed E-state index contributed by atoms with van der Waals surface area (Å²) in [6.45, 7) is 9.35. The molecule has 0 aromatic carbocycles. The second-order valence-electron chi connectivity index (χ2n) is 4.41. The van der Waals surface area contributed by atoms with Gasteiger partial charge in [0, 0.05) is 32.7 Å². The average molecular weight is 232 g/mol. The normalized spacial score (nSPS) is 13.5. The summed E-state index contributed by atoms with van der Waals surface area (Å²) in [6.07, 6.45) is 0.788. The zero-order valence-corrected chi connectivity index (χ0v) is 11.1. The van der Waals surface area contributed by atoms with Gasteiger partial charge in [0.05, 0.1) is 11.6 Å². The molecule has 15 heavy (non-hydrogen) atoms. The highest BCUT2D eigenvalue weighted by molar-refractivity contribution is 7.80. The van der Waals surface area contributed by atoms with E-state index >= 15 is 0 Å². The maximum atomic E-state index is 5.52. The molecule has 0 heterocycles. The number of thiocarbonyl (C=S) groups is 1. The first kappa shape index (κ1) is 14.8. The number of hydrogen-bond donors (Lipinski definition) is 1. The molecule has 0 spiro atoms. The van der Waals surface area contributed by atoms with Crippen LogP contribution in [0.1, 0.15) is 27.2 Å². The zero-order chi connectivity index (χ0) is 11.8. The third-order valence-corrected chi connectivity index (χ3v) is 2.48. The molecule has 0 saturated carbocycles. The summed E-state index contributed by atoms with van der Waals surface area (Å²) in [4.78, 5) is 2.97. The molecular weight excluding hydrogens is 208 g/mol. The number of nitrogens with two attached hydrogens (primary N) is 1. The average Bonchev–Trinajstić information content (AvgIpc) is 2.11. The van der Waals surface area contributed by atoms with E-state index in [4.69, 9.17) is 22.7 Å². The molecule has 4 heteroatoms. The van der Waals surface area contributed by atoms with Gasteiger partial charge in [-0.3, -0.25) is 4.90 Å². The number of methoxy groups -OCH3 is 1. The minimum atomic E-state index is 0.423. The Balaban J connectivity index is 4.10. The maximum Gasteiger partial charge on any atom is 0.0740 e. The van der Waals surface area contributed by atoms with E-state index in [9.17, 15) is 0 Å². The van der Waals surface area contributed by atoms with Crippen LogP contribution < -0.4 is 5.73 Å². The van der Waals surface area contributed by atoms with Gasteiger partial charge in [-0.1, -0.05) is 26.1 Å². The van der Waals surface area contributed by atoms with Crippen molar-refractivity contribution in [3.05, 3.63) is 0 Å². The fourth-order valence-corrected chi connectivity index (χ4v) is 1.65. The molecule has 0 bridgehead atoms. The van der Waals surface area contributed by atoms with Gasteiger partial charge < -0.3 is 10.5 Å². The van der Waals surface area contributed by atoms with E-state index in [2.05, 4.69) is 25.7 Å². The monoisotopic (exact) mass is 232 g/mol. The van der Waals surface area contributed by atoms with E-state index in [0.29, 0.717) is 16.9 Å². The lowest BCUT2D eigenvalue weighted by molar-refractivity contribution is 0.0932. The molecule has 2 N–H and O–H groups in total. The van der Waals surface area contributed by atoms with Gasteiger partial charge in [-0.05, 0) is 12.8 Å². The van der Waals surface area contributed by atoms with Gasteiger partial charge in [0.1, 0.15) is 0 Å². The van der Waals surface area contributed by atoms with Crippen LogP contribution in [0.2, 0.25) is 0 Å². The van der Waals surface area contributed by atoms with Crippen LogP contribution in [0.3, 0.4) is 0 Å². The Labute approximate surface area is 99.0 Å². The van der Waals surface area contributed by atoms with Crippen molar-refractivity contribution in [3.8, 4) is 0 Å². The van der Waals surface area contributed by atoms with Gasteiger partial charge in [0.2, 0.25) is 0 Å². The van der Waals surface area contributed by atoms with Crippen molar-refractivity contribution in [3.63, 3.8) is 0 Å². The Morgan fingerprint density at radius 3 is 2.40 bits per heavy atom. The van der Waals surface area contributed by atoms with Crippen LogP contribution >= 0.6 is 12.2 Å². The molecular formula is C11H24N2OS. The van der Waals surface area contributed by atoms with Crippen molar-refractivity contribution in [2.75, 3.05) is 26.8 Å². The van der Waals surface area contributed by atoms with E-state index in [0.717, 1.165) is 26.1 Å². The van der Waals surface area contributed by atoms with E-state index in [-0.39, 0.29) is 0 Å². The summed E-state index contributed by atoms with van der Waals surface area (Å²) in [5, 5.41) is 0. The zero-order valence-electron chi connectivity index (χ0n) is 10.3. The molecule has 0 rings (SSSR count). The molecule has 0 fully saturated rings. The quantitative estimate of drug-likeness (QED) is 0.646. The summed E-state index contributed by atoms with van der Waals surface area (Å²) >= 11 is 4.90. The molecule has 0 aliphatic rings. The Morgan fingerprint density at radius 1 is 1.40 bits per heavy atom. The predicted octanol–water partition coefficient (Wildman–Crippen LogP) is 1.66. The van der Waals surface area contributed by atoms with Crippen LogP contribution in [0.25, 0.3) is 0 Å². The fraction of sp³-hybridized carbons (Fsp3) is 0.909. The van der Waals surface area contributed by atoms with Gasteiger partial charge >= 0.3 is 0 Å². The molecule has 0 aromatic heterocycles. The van der Waals surface area contributed by atoms with E-state index in [1.807, 2.05) is 0 Å². The summed E-state index contributed by atoms with van der Waals surface area (Å²) in [5.74, 6) is 0.649. The van der Waals surface area contributed by atoms with Gasteiger partial charge in [0.25, 0.3) is 0 Å². The molecule has 0 aliphatic carbocycles. The van der Waals surface area contributed by atoms with Gasteiger partial charge in [0.15, 0.2) is 0 Å². The number of hydrogen-bond acceptors (Lipinski definition) is 3. The number of ether oxygens (including phenoxy) is 1. The first-order chi connectivity index (χ1) is 6.97. The van der Waals surface area contributed by atoms with Gasteiger partial charge in [-0.15, -0.1) is 0 Å². The number of nitrogens with zero attached hydrogens (tertiary/aromatic N) is 1. The highest BCUT2D eigenvalue weighted by Gasteiger charge is 2.14. The van der Waals surface area contributed by atoms with Crippen LogP contribution in [-0.4, -0.2) is 42.7 Å². The molecule has 0 aromatic rings. The van der Waals surface area contributed by atoms with E-state index in [1.165, 1.54) is 0 Å². The maximum absolute atomic E-state index is 5.52. The largest absolute Gasteiger partial charge is 0.393 e. The van der Waals surface area contributed by atoms with Crippen molar-refractivity contribution in [2.45, 2.75) is 33.2 Å². The van der Waals surface area contributed by atoms with Crippen molar-refractivity contribution in [2.24, 2.45) is 11.7 Å². The second kappa shape index (κ2) is 8.02. The topological polar surface area (TPSA) is 38.5 Å². The standard InChI is InChI=1S/C11H24N2OS/c1-9(2)7-13(6-5-11(12)15)10(3)8-14-4/h9-10H,5-8H2,1-4H3,(H2,12,15).